The van der Waals surface area contributed by atoms with Crippen LogP contribution < -0.4 is 10.6 Å². The summed E-state index contributed by atoms with van der Waals surface area (Å²) < 4.78 is 0. The third-order valence-electron chi connectivity index (χ3n) is 2.02. The van der Waals surface area contributed by atoms with E-state index in [1.54, 1.807) is 6.07 Å². The summed E-state index contributed by atoms with van der Waals surface area (Å²) >= 11 is 4.57. The molecule has 0 saturated carbocycles. The summed E-state index contributed by atoms with van der Waals surface area (Å²) in [5.74, 6) is 0.316. The van der Waals surface area contributed by atoms with E-state index in [1.807, 2.05) is 12.1 Å². The highest BCUT2D eigenvalue weighted by Gasteiger charge is 2.15. The van der Waals surface area contributed by atoms with Gasteiger partial charge in [-0.2, -0.15) is 0 Å². The van der Waals surface area contributed by atoms with Crippen LogP contribution in [0.1, 0.15) is 0 Å². The number of benzene rings is 1. The highest BCUT2D eigenvalue weighted by molar-refractivity contribution is 9.09. The second kappa shape index (κ2) is 4.88. The lowest BCUT2D eigenvalue weighted by molar-refractivity contribution is -0.114. The number of alkyl halides is 1. The van der Waals surface area contributed by atoms with Gasteiger partial charge in [-0.15, -0.1) is 11.8 Å². The maximum atomic E-state index is 11.2. The van der Waals surface area contributed by atoms with Crippen molar-refractivity contribution < 1.29 is 9.59 Å². The Morgan fingerprint density at radius 2 is 2.38 bits per heavy atom. The van der Waals surface area contributed by atoms with Crippen LogP contribution in [0.15, 0.2) is 23.1 Å². The molecule has 84 valence electrons. The number of amides is 2. The van der Waals surface area contributed by atoms with Gasteiger partial charge in [-0.25, -0.2) is 0 Å². The molecule has 1 heterocycles. The number of carbonyl (C=O) groups excluding carboxylic acids is 2. The van der Waals surface area contributed by atoms with Gasteiger partial charge in [0.15, 0.2) is 0 Å². The summed E-state index contributed by atoms with van der Waals surface area (Å²) in [4.78, 5) is 23.4. The number of rotatable bonds is 2. The zero-order chi connectivity index (χ0) is 11.5. The molecule has 0 atom stereocenters. The van der Waals surface area contributed by atoms with Crippen LogP contribution in [0.25, 0.3) is 0 Å². The first-order valence-corrected chi connectivity index (χ1v) is 6.72. The van der Waals surface area contributed by atoms with Crippen molar-refractivity contribution in [2.45, 2.75) is 4.90 Å². The zero-order valence-electron chi connectivity index (χ0n) is 8.25. The largest absolute Gasteiger partial charge is 0.325 e. The Labute approximate surface area is 105 Å². The number of nitrogens with one attached hydrogen (secondary N) is 2. The Morgan fingerprint density at radius 3 is 3.12 bits per heavy atom. The van der Waals surface area contributed by atoms with Gasteiger partial charge in [0.05, 0.1) is 16.8 Å². The second-order valence-corrected chi connectivity index (χ2v) is 4.81. The molecule has 6 heteroatoms. The third kappa shape index (κ3) is 2.56. The Morgan fingerprint density at radius 1 is 1.56 bits per heavy atom. The fourth-order valence-electron chi connectivity index (χ4n) is 1.36. The lowest BCUT2D eigenvalue weighted by Gasteiger charge is -2.17. The van der Waals surface area contributed by atoms with Crippen molar-refractivity contribution in [3.05, 3.63) is 18.2 Å². The highest BCUT2D eigenvalue weighted by atomic mass is 79.9. The molecule has 2 rings (SSSR count). The lowest BCUT2D eigenvalue weighted by Crippen LogP contribution is -2.19. The smallest absolute Gasteiger partial charge is 0.235 e. The average Bonchev–Trinajstić information content (AvgIpc) is 2.28. The number of hydrogen-bond acceptors (Lipinski definition) is 3. The number of hydrogen-bond donors (Lipinski definition) is 2. The minimum atomic E-state index is -0.116. The van der Waals surface area contributed by atoms with Gasteiger partial charge in [-0.05, 0) is 18.2 Å². The predicted molar refractivity (Wildman–Crippen MR) is 68.2 cm³/mol. The van der Waals surface area contributed by atoms with Crippen molar-refractivity contribution in [2.75, 3.05) is 21.7 Å². The molecular formula is C10H9BrN2O2S. The molecule has 0 spiro atoms. The molecule has 1 aromatic carbocycles. The van der Waals surface area contributed by atoms with Crippen LogP contribution in [-0.2, 0) is 9.59 Å². The lowest BCUT2D eigenvalue weighted by atomic mass is 10.2. The minimum absolute atomic E-state index is 0.0125. The first-order chi connectivity index (χ1) is 7.69. The van der Waals surface area contributed by atoms with Crippen molar-refractivity contribution in [1.82, 2.24) is 0 Å². The van der Waals surface area contributed by atoms with E-state index in [0.29, 0.717) is 11.4 Å². The third-order valence-corrected chi connectivity index (χ3v) is 3.60. The summed E-state index contributed by atoms with van der Waals surface area (Å²) in [6.07, 6.45) is 0. The van der Waals surface area contributed by atoms with Gasteiger partial charge in [0.1, 0.15) is 0 Å². The normalized spacial score (nSPS) is 13.9. The number of thioether (sulfide) groups is 1. The molecule has 4 nitrogen and oxygen atoms in total. The van der Waals surface area contributed by atoms with Crippen molar-refractivity contribution in [2.24, 2.45) is 0 Å². The first-order valence-electron chi connectivity index (χ1n) is 4.61. The minimum Gasteiger partial charge on any atom is -0.325 e. The Kier molecular flexibility index (Phi) is 3.50. The summed E-state index contributed by atoms with van der Waals surface area (Å²) in [5, 5.41) is 5.73. The van der Waals surface area contributed by atoms with E-state index in [-0.39, 0.29) is 17.1 Å². The first kappa shape index (κ1) is 11.5. The Bertz CT molecular complexity index is 450. The van der Waals surface area contributed by atoms with Gasteiger partial charge in [-0.1, -0.05) is 15.9 Å². The molecular weight excluding hydrogens is 292 g/mol. The van der Waals surface area contributed by atoms with Crippen molar-refractivity contribution in [3.8, 4) is 0 Å². The summed E-state index contributed by atoms with van der Waals surface area (Å²) in [5.41, 5.74) is 1.44. The van der Waals surface area contributed by atoms with Crippen molar-refractivity contribution in [3.63, 3.8) is 0 Å². The van der Waals surface area contributed by atoms with Crippen LogP contribution in [0.3, 0.4) is 0 Å². The molecule has 1 aliphatic rings. The maximum absolute atomic E-state index is 11.2. The second-order valence-electron chi connectivity index (χ2n) is 3.23. The van der Waals surface area contributed by atoms with E-state index in [1.165, 1.54) is 11.8 Å². The fraction of sp³-hybridized carbons (Fsp3) is 0.200. The quantitative estimate of drug-likeness (QED) is 0.822. The molecule has 0 fully saturated rings. The molecule has 2 N–H and O–H groups in total. The van der Waals surface area contributed by atoms with Crippen LogP contribution in [0.5, 0.6) is 0 Å². The molecule has 1 aliphatic heterocycles. The van der Waals surface area contributed by atoms with Crippen LogP contribution >= 0.6 is 27.7 Å². The average molecular weight is 301 g/mol. The standard InChI is InChI=1S/C10H9BrN2O2S/c11-4-9(14)12-6-1-2-8-7(3-6)13-10(15)5-16-8/h1-3H,4-5H2,(H,12,14)(H,13,15). The summed E-state index contributed by atoms with van der Waals surface area (Å²) in [7, 11) is 0. The maximum Gasteiger partial charge on any atom is 0.235 e. The monoisotopic (exact) mass is 300 g/mol. The van der Waals surface area contributed by atoms with E-state index < -0.39 is 0 Å². The van der Waals surface area contributed by atoms with E-state index in [2.05, 4.69) is 26.6 Å². The van der Waals surface area contributed by atoms with E-state index in [4.69, 9.17) is 0 Å². The summed E-state index contributed by atoms with van der Waals surface area (Å²) in [6.45, 7) is 0. The molecule has 1 aromatic rings. The number of halogens is 1. The van der Waals surface area contributed by atoms with Gasteiger partial charge in [-0.3, -0.25) is 9.59 Å². The Hall–Kier alpha value is -1.01. The van der Waals surface area contributed by atoms with Crippen LogP contribution in [-0.4, -0.2) is 22.9 Å². The van der Waals surface area contributed by atoms with Gasteiger partial charge in [0, 0.05) is 10.6 Å². The topological polar surface area (TPSA) is 58.2 Å². The zero-order valence-corrected chi connectivity index (χ0v) is 10.7. The highest BCUT2D eigenvalue weighted by Crippen LogP contribution is 2.33. The van der Waals surface area contributed by atoms with Gasteiger partial charge in [0.25, 0.3) is 0 Å². The predicted octanol–water partition coefficient (Wildman–Crippen LogP) is 2.06. The van der Waals surface area contributed by atoms with Gasteiger partial charge in [0.2, 0.25) is 11.8 Å². The molecule has 0 radical (unpaired) electrons. The van der Waals surface area contributed by atoms with Gasteiger partial charge < -0.3 is 10.6 Å². The van der Waals surface area contributed by atoms with E-state index in [0.717, 1.165) is 10.6 Å². The fourth-order valence-corrected chi connectivity index (χ4v) is 2.28. The SMILES string of the molecule is O=C(CBr)Nc1ccc2c(c1)NC(=O)CS2. The van der Waals surface area contributed by atoms with Crippen LogP contribution in [0, 0.1) is 0 Å². The number of fused-ring (bicyclic) bond motifs is 1. The van der Waals surface area contributed by atoms with Gasteiger partial charge >= 0.3 is 0 Å². The van der Waals surface area contributed by atoms with Crippen LogP contribution in [0.4, 0.5) is 11.4 Å². The molecule has 0 unspecified atom stereocenters. The van der Waals surface area contributed by atoms with Crippen molar-refractivity contribution in [1.29, 1.82) is 0 Å². The summed E-state index contributed by atoms with van der Waals surface area (Å²) in [6, 6.07) is 5.48. The van der Waals surface area contributed by atoms with Crippen molar-refractivity contribution >= 4 is 50.9 Å². The number of anilines is 2. The Balaban J connectivity index is 2.21. The molecule has 0 aliphatic carbocycles. The molecule has 0 saturated heterocycles. The number of carbonyl (C=O) groups is 2. The van der Waals surface area contributed by atoms with Crippen LogP contribution in [0.2, 0.25) is 0 Å². The van der Waals surface area contributed by atoms with E-state index in [9.17, 15) is 9.59 Å². The molecule has 2 amide bonds. The van der Waals surface area contributed by atoms with E-state index >= 15 is 0 Å². The molecule has 16 heavy (non-hydrogen) atoms. The molecule has 0 bridgehead atoms. The molecule has 0 aromatic heterocycles.